The second kappa shape index (κ2) is 10.6. The second-order valence-electron chi connectivity index (χ2n) is 7.50. The maximum atomic E-state index is 12.6. The Hall–Kier alpha value is -3.16. The zero-order valence-corrected chi connectivity index (χ0v) is 20.4. The first-order valence-corrected chi connectivity index (χ1v) is 12.7. The van der Waals surface area contributed by atoms with Gasteiger partial charge in [0.25, 0.3) is 0 Å². The molecule has 0 saturated heterocycles. The van der Waals surface area contributed by atoms with E-state index in [1.165, 1.54) is 22.2 Å². The van der Waals surface area contributed by atoms with Gasteiger partial charge in [-0.25, -0.2) is 0 Å². The molecule has 4 rings (SSSR count). The normalized spacial score (nSPS) is 10.8. The van der Waals surface area contributed by atoms with E-state index in [0.29, 0.717) is 11.7 Å². The molecule has 0 atom stereocenters. The molecule has 2 aromatic carbocycles. The van der Waals surface area contributed by atoms with Gasteiger partial charge in [0.05, 0.1) is 5.75 Å². The number of aryl methyl sites for hydroxylation is 2. The number of benzene rings is 2. The summed E-state index contributed by atoms with van der Waals surface area (Å²) < 4.78 is 2.03. The van der Waals surface area contributed by atoms with Gasteiger partial charge in [0.15, 0.2) is 11.0 Å². The molecule has 4 aromatic rings. The van der Waals surface area contributed by atoms with Gasteiger partial charge in [-0.2, -0.15) is 0 Å². The topological polar surface area (TPSA) is 59.8 Å². The molecule has 0 aliphatic carbocycles. The van der Waals surface area contributed by atoms with Gasteiger partial charge in [-0.3, -0.25) is 9.36 Å². The van der Waals surface area contributed by atoms with Crippen LogP contribution in [0.25, 0.3) is 22.5 Å². The molecule has 2 heterocycles. The molecule has 0 fully saturated rings. The van der Waals surface area contributed by atoms with Crippen molar-refractivity contribution in [2.24, 2.45) is 0 Å². The molecule has 0 unspecified atom stereocenters. The summed E-state index contributed by atoms with van der Waals surface area (Å²) in [5, 5.41) is 14.8. The van der Waals surface area contributed by atoms with Crippen molar-refractivity contribution >= 4 is 34.7 Å². The molecule has 168 valence electrons. The standard InChI is InChI=1S/C26H26N4OS2/c1-4-15-30-25(21-16-32-18(3)24(21)20-12-7-6-8-13-20)28-29-26(30)33-17-23(31)27-22-14-10-9-11-19(22)5-2/h4,6-14,16H,1,5,15,17H2,2-3H3,(H,27,31). The van der Waals surface area contributed by atoms with Crippen LogP contribution in [0, 0.1) is 6.92 Å². The number of carbonyl (C=O) groups excluding carboxylic acids is 1. The van der Waals surface area contributed by atoms with Crippen molar-refractivity contribution in [3.63, 3.8) is 0 Å². The monoisotopic (exact) mass is 474 g/mol. The van der Waals surface area contributed by atoms with E-state index < -0.39 is 0 Å². The van der Waals surface area contributed by atoms with Crippen molar-refractivity contribution in [1.29, 1.82) is 0 Å². The number of amides is 1. The largest absolute Gasteiger partial charge is 0.325 e. The molecule has 0 aliphatic rings. The lowest BCUT2D eigenvalue weighted by Gasteiger charge is -2.11. The number of hydrogen-bond acceptors (Lipinski definition) is 5. The number of para-hydroxylation sites is 1. The Morgan fingerprint density at radius 2 is 1.91 bits per heavy atom. The first-order chi connectivity index (χ1) is 16.1. The maximum Gasteiger partial charge on any atom is 0.234 e. The average molecular weight is 475 g/mol. The zero-order chi connectivity index (χ0) is 23.2. The van der Waals surface area contributed by atoms with Crippen LogP contribution >= 0.6 is 23.1 Å². The highest BCUT2D eigenvalue weighted by Crippen LogP contribution is 2.39. The van der Waals surface area contributed by atoms with Crippen molar-refractivity contribution in [3.8, 4) is 22.5 Å². The van der Waals surface area contributed by atoms with E-state index in [2.05, 4.69) is 53.5 Å². The molecule has 0 aliphatic heterocycles. The second-order valence-corrected chi connectivity index (χ2v) is 9.53. The first-order valence-electron chi connectivity index (χ1n) is 10.8. The van der Waals surface area contributed by atoms with Gasteiger partial charge in [0.2, 0.25) is 5.91 Å². The van der Waals surface area contributed by atoms with E-state index in [1.54, 1.807) is 11.3 Å². The molecule has 0 radical (unpaired) electrons. The number of aromatic nitrogens is 3. The van der Waals surface area contributed by atoms with Crippen LogP contribution in [0.15, 0.2) is 77.8 Å². The van der Waals surface area contributed by atoms with Crippen LogP contribution in [0.2, 0.25) is 0 Å². The van der Waals surface area contributed by atoms with Crippen LogP contribution in [0.1, 0.15) is 17.4 Å². The van der Waals surface area contributed by atoms with Crippen molar-refractivity contribution in [2.75, 3.05) is 11.1 Å². The summed E-state index contributed by atoms with van der Waals surface area (Å²) in [6.45, 7) is 8.67. The minimum Gasteiger partial charge on any atom is -0.325 e. The smallest absolute Gasteiger partial charge is 0.234 e. The lowest BCUT2D eigenvalue weighted by molar-refractivity contribution is -0.113. The number of anilines is 1. The van der Waals surface area contributed by atoms with Crippen LogP contribution in [-0.4, -0.2) is 26.4 Å². The van der Waals surface area contributed by atoms with Crippen LogP contribution in [-0.2, 0) is 17.8 Å². The van der Waals surface area contributed by atoms with Gasteiger partial charge in [0, 0.05) is 33.6 Å². The van der Waals surface area contributed by atoms with E-state index in [1.807, 2.05) is 53.1 Å². The molecular weight excluding hydrogens is 448 g/mol. The molecule has 2 aromatic heterocycles. The molecule has 0 saturated carbocycles. The Labute approximate surface area is 202 Å². The van der Waals surface area contributed by atoms with Gasteiger partial charge in [-0.05, 0) is 30.5 Å². The molecule has 33 heavy (non-hydrogen) atoms. The number of thiophene rings is 1. The molecule has 1 N–H and O–H groups in total. The molecular formula is C26H26N4OS2. The Morgan fingerprint density at radius 3 is 2.67 bits per heavy atom. The summed E-state index contributed by atoms with van der Waals surface area (Å²) in [4.78, 5) is 13.9. The lowest BCUT2D eigenvalue weighted by atomic mass is 10.0. The van der Waals surface area contributed by atoms with E-state index in [0.717, 1.165) is 34.6 Å². The van der Waals surface area contributed by atoms with Crippen LogP contribution < -0.4 is 5.32 Å². The van der Waals surface area contributed by atoms with E-state index in [4.69, 9.17) is 0 Å². The molecule has 5 nitrogen and oxygen atoms in total. The highest BCUT2D eigenvalue weighted by Gasteiger charge is 2.20. The Kier molecular flexibility index (Phi) is 7.42. The van der Waals surface area contributed by atoms with Crippen molar-refractivity contribution < 1.29 is 4.79 Å². The highest BCUT2D eigenvalue weighted by atomic mass is 32.2. The van der Waals surface area contributed by atoms with Crippen LogP contribution in [0.5, 0.6) is 0 Å². The first kappa shape index (κ1) is 23.0. The summed E-state index contributed by atoms with van der Waals surface area (Å²) in [6.07, 6.45) is 2.69. The highest BCUT2D eigenvalue weighted by molar-refractivity contribution is 7.99. The van der Waals surface area contributed by atoms with Gasteiger partial charge >= 0.3 is 0 Å². The SMILES string of the molecule is C=CCn1c(SCC(=O)Nc2ccccc2CC)nnc1-c1csc(C)c1-c1ccccc1. The third-order valence-electron chi connectivity index (χ3n) is 5.31. The number of nitrogens with zero attached hydrogens (tertiary/aromatic N) is 3. The summed E-state index contributed by atoms with van der Waals surface area (Å²) in [7, 11) is 0. The molecule has 0 spiro atoms. The zero-order valence-electron chi connectivity index (χ0n) is 18.7. The number of hydrogen-bond donors (Lipinski definition) is 1. The summed E-state index contributed by atoms with van der Waals surface area (Å²) in [5.74, 6) is 0.978. The minimum absolute atomic E-state index is 0.0630. The van der Waals surface area contributed by atoms with Gasteiger partial charge < -0.3 is 5.32 Å². The Balaban J connectivity index is 1.57. The fraction of sp³-hybridized carbons (Fsp3) is 0.192. The van der Waals surface area contributed by atoms with E-state index in [9.17, 15) is 4.79 Å². The van der Waals surface area contributed by atoms with Crippen molar-refractivity contribution in [3.05, 3.63) is 83.1 Å². The fourth-order valence-corrected chi connectivity index (χ4v) is 5.35. The third kappa shape index (κ3) is 5.10. The summed E-state index contributed by atoms with van der Waals surface area (Å²) >= 11 is 3.09. The summed E-state index contributed by atoms with van der Waals surface area (Å²) in [5.41, 5.74) is 5.35. The summed E-state index contributed by atoms with van der Waals surface area (Å²) in [6, 6.07) is 18.2. The predicted molar refractivity (Wildman–Crippen MR) is 139 cm³/mol. The Morgan fingerprint density at radius 1 is 1.15 bits per heavy atom. The fourth-order valence-electron chi connectivity index (χ4n) is 3.74. The van der Waals surface area contributed by atoms with Crippen LogP contribution in [0.3, 0.4) is 0 Å². The average Bonchev–Trinajstić information content (AvgIpc) is 3.41. The number of thioether (sulfide) groups is 1. The molecule has 0 bridgehead atoms. The number of carbonyl (C=O) groups is 1. The number of nitrogens with one attached hydrogen (secondary N) is 1. The lowest BCUT2D eigenvalue weighted by Crippen LogP contribution is -2.15. The molecule has 1 amide bonds. The van der Waals surface area contributed by atoms with Crippen molar-refractivity contribution in [2.45, 2.75) is 32.0 Å². The minimum atomic E-state index is -0.0630. The van der Waals surface area contributed by atoms with Crippen LogP contribution in [0.4, 0.5) is 5.69 Å². The maximum absolute atomic E-state index is 12.6. The third-order valence-corrected chi connectivity index (χ3v) is 7.19. The molecule has 7 heteroatoms. The van der Waals surface area contributed by atoms with Gasteiger partial charge in [-0.15, -0.1) is 28.1 Å². The quantitative estimate of drug-likeness (QED) is 0.223. The van der Waals surface area contributed by atoms with Gasteiger partial charge in [-0.1, -0.05) is 73.3 Å². The van der Waals surface area contributed by atoms with Gasteiger partial charge in [0.1, 0.15) is 0 Å². The number of allylic oxidation sites excluding steroid dienone is 1. The Bertz CT molecular complexity index is 1260. The van der Waals surface area contributed by atoms with E-state index >= 15 is 0 Å². The van der Waals surface area contributed by atoms with Crippen molar-refractivity contribution in [1.82, 2.24) is 14.8 Å². The predicted octanol–water partition coefficient (Wildman–Crippen LogP) is 6.46. The van der Waals surface area contributed by atoms with E-state index in [-0.39, 0.29) is 11.7 Å². The number of rotatable bonds is 9.